The number of amidine groups is 2. The first-order valence-corrected chi connectivity index (χ1v) is 32.9. The summed E-state index contributed by atoms with van der Waals surface area (Å²) in [6, 6.07) is 59.4. The molecule has 90 heavy (non-hydrogen) atoms. The van der Waals surface area contributed by atoms with Crippen molar-refractivity contribution in [2.24, 2.45) is 26.6 Å². The van der Waals surface area contributed by atoms with Crippen LogP contribution in [0.1, 0.15) is 155 Å². The van der Waals surface area contributed by atoms with Gasteiger partial charge in [0.15, 0.2) is 15.4 Å². The third-order valence-electron chi connectivity index (χ3n) is 14.5. The van der Waals surface area contributed by atoms with Crippen molar-refractivity contribution in [1.29, 1.82) is 0 Å². The minimum atomic E-state index is -0.921. The van der Waals surface area contributed by atoms with E-state index in [1.807, 2.05) is 146 Å². The van der Waals surface area contributed by atoms with Gasteiger partial charge in [-0.2, -0.15) is 0 Å². The van der Waals surface area contributed by atoms with E-state index < -0.39 is 22.4 Å². The van der Waals surface area contributed by atoms with E-state index in [2.05, 4.69) is 146 Å². The number of nitrogens with two attached hydrogens (primary N) is 2. The van der Waals surface area contributed by atoms with E-state index in [1.165, 1.54) is 11.1 Å². The van der Waals surface area contributed by atoms with Crippen molar-refractivity contribution in [2.45, 2.75) is 165 Å². The number of benzene rings is 6. The summed E-state index contributed by atoms with van der Waals surface area (Å²) in [5.41, 5.74) is 22.3. The SMILES string of the molecule is CC(C)(C)NC(=S)NCCC(C)(O)c1ccccc1.CC(C)(C)NC1=NCCC(C)(c2ccccc2)S1.CC(O)(CCCl)c1ccccc1.CC(O)(CCN)c1ccccc1.CC(O)(CCN=[N+]=[N-])c1ccccc1.CC1(c2ccccc2)CCN=C(N)S1.Cl. The summed E-state index contributed by atoms with van der Waals surface area (Å²) in [4.78, 5) is 11.5. The summed E-state index contributed by atoms with van der Waals surface area (Å²) < 4.78 is 0.240. The zero-order valence-corrected chi connectivity index (χ0v) is 59.0. The second kappa shape index (κ2) is 39.0. The van der Waals surface area contributed by atoms with Crippen LogP contribution in [-0.4, -0.2) is 85.6 Å². The average Bonchev–Trinajstić information content (AvgIpc) is 1.72. The van der Waals surface area contributed by atoms with E-state index in [-0.39, 0.29) is 33.0 Å². The van der Waals surface area contributed by atoms with E-state index in [0.29, 0.717) is 61.5 Å². The molecule has 0 fully saturated rings. The van der Waals surface area contributed by atoms with Crippen LogP contribution in [0.4, 0.5) is 0 Å². The van der Waals surface area contributed by atoms with Crippen molar-refractivity contribution in [2.75, 3.05) is 38.6 Å². The number of aliphatic imine (C=N–C) groups is 2. The van der Waals surface area contributed by atoms with Gasteiger partial charge in [-0.15, -0.1) is 24.0 Å². The summed E-state index contributed by atoms with van der Waals surface area (Å²) in [5.74, 6) is 0.474. The highest BCUT2D eigenvalue weighted by molar-refractivity contribution is 8.14. The van der Waals surface area contributed by atoms with Crippen LogP contribution >= 0.6 is 59.7 Å². The van der Waals surface area contributed by atoms with E-state index >= 15 is 0 Å². The lowest BCUT2D eigenvalue weighted by Crippen LogP contribution is -2.47. The molecule has 6 unspecified atom stereocenters. The molecule has 0 aliphatic carbocycles. The highest BCUT2D eigenvalue weighted by Crippen LogP contribution is 2.43. The van der Waals surface area contributed by atoms with Crippen molar-refractivity contribution in [3.05, 3.63) is 226 Å². The largest absolute Gasteiger partial charge is 0.385 e. The first-order chi connectivity index (χ1) is 41.8. The maximum Gasteiger partial charge on any atom is 0.166 e. The molecule has 0 spiro atoms. The molecule has 0 bridgehead atoms. The Morgan fingerprint density at radius 1 is 0.567 bits per heavy atom. The van der Waals surface area contributed by atoms with Gasteiger partial charge in [0.25, 0.3) is 0 Å². The van der Waals surface area contributed by atoms with Gasteiger partial charge in [0.2, 0.25) is 0 Å². The Kier molecular flexibility index (Phi) is 34.9. The lowest BCUT2D eigenvalue weighted by Gasteiger charge is -2.35. The fourth-order valence-electron chi connectivity index (χ4n) is 9.08. The number of rotatable bonds is 16. The topological polar surface area (TPSA) is 243 Å². The molecule has 6 aromatic rings. The van der Waals surface area contributed by atoms with Crippen LogP contribution in [0.25, 0.3) is 10.4 Å². The molecule has 2 heterocycles. The van der Waals surface area contributed by atoms with Crippen LogP contribution in [0, 0.1) is 0 Å². The van der Waals surface area contributed by atoms with Gasteiger partial charge >= 0.3 is 0 Å². The molecular weight excluding hydrogens is 1220 g/mol. The normalized spacial score (nSPS) is 18.6. The molecule has 2 aliphatic heterocycles. The Balaban J connectivity index is 0.000000370. The molecule has 492 valence electrons. The van der Waals surface area contributed by atoms with Gasteiger partial charge in [-0.1, -0.05) is 211 Å². The van der Waals surface area contributed by atoms with Crippen LogP contribution < -0.4 is 27.4 Å². The molecule has 0 radical (unpaired) electrons. The van der Waals surface area contributed by atoms with E-state index in [1.54, 1.807) is 32.5 Å². The van der Waals surface area contributed by atoms with Crippen LogP contribution in [0.5, 0.6) is 0 Å². The molecule has 6 aromatic carbocycles. The van der Waals surface area contributed by atoms with Gasteiger partial charge in [-0.05, 0) is 179 Å². The molecule has 0 saturated heterocycles. The molecule has 11 N–H and O–H groups in total. The van der Waals surface area contributed by atoms with Crippen LogP contribution in [-0.2, 0) is 31.9 Å². The third-order valence-corrected chi connectivity index (χ3v) is 17.5. The average molecular weight is 1330 g/mol. The molecule has 0 saturated carbocycles. The number of hydrogen-bond donors (Lipinski definition) is 9. The van der Waals surface area contributed by atoms with Crippen molar-refractivity contribution in [1.82, 2.24) is 16.0 Å². The second-order valence-corrected chi connectivity index (χ2v) is 29.1. The highest BCUT2D eigenvalue weighted by Gasteiger charge is 2.34. The summed E-state index contributed by atoms with van der Waals surface area (Å²) in [6.07, 6.45) is 4.36. The number of nitrogens with zero attached hydrogens (tertiary/aromatic N) is 5. The molecule has 6 atom stereocenters. The first kappa shape index (κ1) is 80.4. The lowest BCUT2D eigenvalue weighted by atomic mass is 9.93. The van der Waals surface area contributed by atoms with Crippen LogP contribution in [0.2, 0.25) is 0 Å². The number of thioether (sulfide) groups is 2. The van der Waals surface area contributed by atoms with Crippen LogP contribution in [0.15, 0.2) is 197 Å². The number of nitrogens with one attached hydrogen (secondary N) is 3. The molecule has 19 heteroatoms. The molecule has 0 aromatic heterocycles. The minimum absolute atomic E-state index is 0. The molecule has 2 aliphatic rings. The summed E-state index contributed by atoms with van der Waals surface area (Å²) in [7, 11) is 0. The van der Waals surface area contributed by atoms with E-state index in [0.717, 1.165) is 53.4 Å². The Hall–Kier alpha value is -5.66. The Morgan fingerprint density at radius 2 is 0.922 bits per heavy atom. The molecule has 0 amide bonds. The lowest BCUT2D eigenvalue weighted by molar-refractivity contribution is 0.0489. The number of thiocarbonyl (C=S) groups is 1. The highest BCUT2D eigenvalue weighted by atomic mass is 35.5. The van der Waals surface area contributed by atoms with E-state index in [9.17, 15) is 20.4 Å². The number of aliphatic hydroxyl groups is 4. The van der Waals surface area contributed by atoms with Gasteiger partial charge in [0.05, 0.1) is 22.4 Å². The third kappa shape index (κ3) is 30.6. The second-order valence-electron chi connectivity index (χ2n) is 25.3. The van der Waals surface area contributed by atoms with Gasteiger partial charge in [-0.25, -0.2) is 0 Å². The number of alkyl halides is 1. The number of halogens is 2. The first-order valence-electron chi connectivity index (χ1n) is 30.4. The van der Waals surface area contributed by atoms with Gasteiger partial charge < -0.3 is 47.8 Å². The number of hydrogen-bond acceptors (Lipinski definition) is 13. The standard InChI is InChI=1S/C15H24N2OS.C15H22N2S.C11H14N2S.C10H13ClO.C10H13N3O.C10H15NO.ClH/c1-14(2,3)17-13(19)16-11-10-15(4,18)12-8-6-5-7-9-12;1-14(2,3)17-13-16-11-10-15(4,18-13)12-8-6-5-7-9-12;1-11(7-8-13-10(12)14-11)9-5-3-2-4-6-9;1-10(12,7-8-11)9-5-3-2-4-6-9;1-10(14,7-8-12-13-11)9-5-3-2-4-6-9;1-10(12,7-8-11)9-5-3-2-4-6-9;/h5-9,18H,10-11H2,1-4H3,(H2,16,17,19);5-9H,10-11H2,1-4H3,(H,16,17);2-6H,7-8H2,1H3,(H2,12,13);2-6,12H,7-8H2,1H3;2-6,14H,7-8H2,1H3;2-6,12H,7-8,11H2,1H3;1H. The van der Waals surface area contributed by atoms with Crippen molar-refractivity contribution in [3.63, 3.8) is 0 Å². The van der Waals surface area contributed by atoms with Crippen molar-refractivity contribution in [3.8, 4) is 0 Å². The molecule has 14 nitrogen and oxygen atoms in total. The van der Waals surface area contributed by atoms with Gasteiger partial charge in [-0.3, -0.25) is 9.98 Å². The minimum Gasteiger partial charge on any atom is -0.385 e. The maximum absolute atomic E-state index is 10.4. The van der Waals surface area contributed by atoms with Crippen LogP contribution in [0.3, 0.4) is 0 Å². The number of azide groups is 1. The summed E-state index contributed by atoms with van der Waals surface area (Å²) in [5, 5.41) is 55.9. The maximum atomic E-state index is 10.4. The predicted octanol–water partition coefficient (Wildman–Crippen LogP) is 15.5. The fraction of sp³-hybridized carbons (Fsp3) is 0.451. The zero-order valence-electron chi connectivity index (χ0n) is 55.0. The van der Waals surface area contributed by atoms with Crippen molar-refractivity contribution < 1.29 is 20.4 Å². The summed E-state index contributed by atoms with van der Waals surface area (Å²) in [6.45, 7) is 27.5. The van der Waals surface area contributed by atoms with Gasteiger partial charge in [0, 0.05) is 57.5 Å². The Bertz CT molecular complexity index is 3010. The monoisotopic (exact) mass is 1320 g/mol. The quantitative estimate of drug-likeness (QED) is 0.0145. The Labute approximate surface area is 563 Å². The Morgan fingerprint density at radius 3 is 1.28 bits per heavy atom. The van der Waals surface area contributed by atoms with Gasteiger partial charge in [0.1, 0.15) is 0 Å². The fourth-order valence-corrected chi connectivity index (χ4v) is 12.3. The summed E-state index contributed by atoms with van der Waals surface area (Å²) >= 11 is 14.3. The molecular formula is C71H102Cl2N10O4S3. The van der Waals surface area contributed by atoms with Crippen molar-refractivity contribution >= 4 is 75.2 Å². The molecule has 8 rings (SSSR count). The van der Waals surface area contributed by atoms with E-state index in [4.69, 9.17) is 40.8 Å². The smallest absolute Gasteiger partial charge is 0.166 e. The predicted molar refractivity (Wildman–Crippen MR) is 391 cm³/mol. The zero-order chi connectivity index (χ0) is 66.3.